The summed E-state index contributed by atoms with van der Waals surface area (Å²) in [6.07, 6.45) is 1.56. The van der Waals surface area contributed by atoms with Gasteiger partial charge in [0.2, 0.25) is 0 Å². The third kappa shape index (κ3) is 2.47. The lowest BCUT2D eigenvalue weighted by Crippen LogP contribution is -2.42. The van der Waals surface area contributed by atoms with Crippen LogP contribution < -0.4 is 0 Å². The second kappa shape index (κ2) is 5.47. The molecule has 1 unspecified atom stereocenters. The Morgan fingerprint density at radius 2 is 2.32 bits per heavy atom. The largest absolute Gasteiger partial charge is 0.465 e. The summed E-state index contributed by atoms with van der Waals surface area (Å²) in [7, 11) is 0. The Labute approximate surface area is 128 Å². The van der Waals surface area contributed by atoms with Crippen LogP contribution in [0.15, 0.2) is 16.9 Å². The predicted molar refractivity (Wildman–Crippen MR) is 78.6 cm³/mol. The lowest BCUT2D eigenvalue weighted by molar-refractivity contribution is 0.102. The number of carboxylic acid groups (broad SMARTS) is 1. The molecule has 1 aliphatic rings. The zero-order chi connectivity index (χ0) is 15.9. The van der Waals surface area contributed by atoms with Crippen LogP contribution in [0.2, 0.25) is 0 Å². The number of rotatable bonds is 3. The summed E-state index contributed by atoms with van der Waals surface area (Å²) in [5.74, 6) is 0.953. The van der Waals surface area contributed by atoms with Crippen LogP contribution in [0.3, 0.4) is 0 Å². The van der Waals surface area contributed by atoms with Gasteiger partial charge >= 0.3 is 6.09 Å². The highest BCUT2D eigenvalue weighted by Gasteiger charge is 2.35. The SMILES string of the molecule is Cc1cc(Cn2cnc3c2CCN(C(=O)O)C3C(C)C)no1. The van der Waals surface area contributed by atoms with Gasteiger partial charge in [0.15, 0.2) is 0 Å². The van der Waals surface area contributed by atoms with Gasteiger partial charge in [-0.3, -0.25) is 4.90 Å². The molecule has 0 saturated heterocycles. The van der Waals surface area contributed by atoms with Gasteiger partial charge in [0.05, 0.1) is 24.6 Å². The van der Waals surface area contributed by atoms with E-state index in [-0.39, 0.29) is 12.0 Å². The minimum absolute atomic E-state index is 0.174. The molecule has 1 amide bonds. The Morgan fingerprint density at radius 1 is 1.55 bits per heavy atom. The number of nitrogens with zero attached hydrogens (tertiary/aromatic N) is 4. The topological polar surface area (TPSA) is 84.4 Å². The van der Waals surface area contributed by atoms with Crippen molar-refractivity contribution in [3.63, 3.8) is 0 Å². The first-order valence-electron chi connectivity index (χ1n) is 7.43. The molecule has 2 aromatic heterocycles. The van der Waals surface area contributed by atoms with E-state index in [0.717, 1.165) is 22.8 Å². The van der Waals surface area contributed by atoms with E-state index in [1.165, 1.54) is 4.90 Å². The average molecular weight is 304 g/mol. The average Bonchev–Trinajstić information content (AvgIpc) is 3.04. The third-order valence-electron chi connectivity index (χ3n) is 4.07. The number of aryl methyl sites for hydroxylation is 1. The zero-order valence-electron chi connectivity index (χ0n) is 13.0. The number of aromatic nitrogens is 3. The monoisotopic (exact) mass is 304 g/mol. The van der Waals surface area contributed by atoms with Gasteiger partial charge < -0.3 is 14.2 Å². The minimum Gasteiger partial charge on any atom is -0.465 e. The van der Waals surface area contributed by atoms with Crippen molar-refractivity contribution in [1.82, 2.24) is 19.6 Å². The molecule has 1 atom stereocenters. The molecule has 118 valence electrons. The maximum absolute atomic E-state index is 11.4. The molecule has 3 rings (SSSR count). The number of fused-ring (bicyclic) bond motifs is 1. The number of hydrogen-bond acceptors (Lipinski definition) is 4. The minimum atomic E-state index is -0.883. The normalized spacial score (nSPS) is 17.8. The van der Waals surface area contributed by atoms with Crippen LogP contribution in [0, 0.1) is 12.8 Å². The summed E-state index contributed by atoms with van der Waals surface area (Å²) < 4.78 is 7.14. The molecule has 0 bridgehead atoms. The molecule has 3 heterocycles. The van der Waals surface area contributed by atoms with E-state index in [1.54, 1.807) is 6.33 Å². The molecule has 0 aliphatic carbocycles. The van der Waals surface area contributed by atoms with E-state index in [4.69, 9.17) is 4.52 Å². The molecular formula is C15H20N4O3. The Hall–Kier alpha value is -2.31. The van der Waals surface area contributed by atoms with Crippen molar-refractivity contribution < 1.29 is 14.4 Å². The van der Waals surface area contributed by atoms with Crippen molar-refractivity contribution in [2.24, 2.45) is 5.92 Å². The number of carbonyl (C=O) groups is 1. The quantitative estimate of drug-likeness (QED) is 0.941. The predicted octanol–water partition coefficient (Wildman–Crippen LogP) is 2.46. The Kier molecular flexibility index (Phi) is 3.64. The first-order chi connectivity index (χ1) is 10.5. The van der Waals surface area contributed by atoms with Crippen LogP contribution in [0.25, 0.3) is 0 Å². The van der Waals surface area contributed by atoms with Gasteiger partial charge in [0.1, 0.15) is 11.5 Å². The van der Waals surface area contributed by atoms with Gasteiger partial charge in [-0.2, -0.15) is 0 Å². The molecular weight excluding hydrogens is 284 g/mol. The molecule has 7 heteroatoms. The molecule has 7 nitrogen and oxygen atoms in total. The molecule has 1 aliphatic heterocycles. The Morgan fingerprint density at radius 3 is 2.91 bits per heavy atom. The second-order valence-corrected chi connectivity index (χ2v) is 6.05. The van der Waals surface area contributed by atoms with Gasteiger partial charge in [-0.05, 0) is 12.8 Å². The van der Waals surface area contributed by atoms with Crippen molar-refractivity contribution in [3.8, 4) is 0 Å². The van der Waals surface area contributed by atoms with E-state index < -0.39 is 6.09 Å². The van der Waals surface area contributed by atoms with Gasteiger partial charge in [-0.1, -0.05) is 19.0 Å². The maximum atomic E-state index is 11.4. The standard InChI is InChI=1S/C15H20N4O3/c1-9(2)14-13-12(4-5-19(14)15(20)21)18(8-16-13)7-11-6-10(3)22-17-11/h6,8-9,14H,4-5,7H2,1-3H3,(H,20,21). The van der Waals surface area contributed by atoms with E-state index in [0.29, 0.717) is 19.5 Å². The molecule has 0 aromatic carbocycles. The fourth-order valence-electron chi connectivity index (χ4n) is 3.15. The lowest BCUT2D eigenvalue weighted by Gasteiger charge is -2.35. The van der Waals surface area contributed by atoms with Crippen molar-refractivity contribution in [2.45, 2.75) is 39.8 Å². The zero-order valence-corrected chi connectivity index (χ0v) is 13.0. The summed E-state index contributed by atoms with van der Waals surface area (Å²) >= 11 is 0. The van der Waals surface area contributed by atoms with Gasteiger partial charge in [0, 0.05) is 24.7 Å². The first-order valence-corrected chi connectivity index (χ1v) is 7.43. The molecule has 0 saturated carbocycles. The van der Waals surface area contributed by atoms with Crippen LogP contribution in [0.1, 0.15) is 42.7 Å². The molecule has 2 aromatic rings. The van der Waals surface area contributed by atoms with E-state index in [1.807, 2.05) is 31.4 Å². The summed E-state index contributed by atoms with van der Waals surface area (Å²) in [6.45, 7) is 7.00. The van der Waals surface area contributed by atoms with E-state index >= 15 is 0 Å². The molecule has 1 N–H and O–H groups in total. The maximum Gasteiger partial charge on any atom is 0.407 e. The number of hydrogen-bond donors (Lipinski definition) is 1. The highest BCUT2D eigenvalue weighted by Crippen LogP contribution is 2.34. The summed E-state index contributed by atoms with van der Waals surface area (Å²) in [4.78, 5) is 17.4. The molecule has 0 fully saturated rings. The van der Waals surface area contributed by atoms with E-state index in [2.05, 4.69) is 10.1 Å². The summed E-state index contributed by atoms with van der Waals surface area (Å²) in [5, 5.41) is 13.4. The van der Waals surface area contributed by atoms with Crippen LogP contribution in [0.5, 0.6) is 0 Å². The van der Waals surface area contributed by atoms with Gasteiger partial charge in [-0.15, -0.1) is 0 Å². The lowest BCUT2D eigenvalue weighted by atomic mass is 9.93. The summed E-state index contributed by atoms with van der Waals surface area (Å²) in [5.41, 5.74) is 2.81. The molecule has 22 heavy (non-hydrogen) atoms. The van der Waals surface area contributed by atoms with Gasteiger partial charge in [-0.25, -0.2) is 9.78 Å². The van der Waals surface area contributed by atoms with Crippen molar-refractivity contribution in [2.75, 3.05) is 6.54 Å². The van der Waals surface area contributed by atoms with Crippen molar-refractivity contribution in [3.05, 3.63) is 35.2 Å². The van der Waals surface area contributed by atoms with E-state index in [9.17, 15) is 9.90 Å². The van der Waals surface area contributed by atoms with Crippen molar-refractivity contribution in [1.29, 1.82) is 0 Å². The summed E-state index contributed by atoms with van der Waals surface area (Å²) in [6, 6.07) is 1.71. The fourth-order valence-corrected chi connectivity index (χ4v) is 3.15. The second-order valence-electron chi connectivity index (χ2n) is 6.05. The smallest absolute Gasteiger partial charge is 0.407 e. The first kappa shape index (κ1) is 14.6. The Balaban J connectivity index is 1.92. The van der Waals surface area contributed by atoms with Crippen LogP contribution >= 0.6 is 0 Å². The highest BCUT2D eigenvalue weighted by atomic mass is 16.5. The molecule has 0 spiro atoms. The van der Waals surface area contributed by atoms with Crippen LogP contribution in [-0.2, 0) is 13.0 Å². The number of imidazole rings is 1. The van der Waals surface area contributed by atoms with Crippen molar-refractivity contribution >= 4 is 6.09 Å². The molecule has 0 radical (unpaired) electrons. The third-order valence-corrected chi connectivity index (χ3v) is 4.07. The van der Waals surface area contributed by atoms with Gasteiger partial charge in [0.25, 0.3) is 0 Å². The fraction of sp³-hybridized carbons (Fsp3) is 0.533. The van der Waals surface area contributed by atoms with Crippen LogP contribution in [-0.4, -0.2) is 37.4 Å². The number of amides is 1. The van der Waals surface area contributed by atoms with Crippen LogP contribution in [0.4, 0.5) is 4.79 Å². The Bertz CT molecular complexity index is 689. The highest BCUT2D eigenvalue weighted by molar-refractivity contribution is 5.66.